The lowest BCUT2D eigenvalue weighted by Gasteiger charge is -2.37. The van der Waals surface area contributed by atoms with Crippen molar-refractivity contribution in [3.8, 4) is 6.07 Å². The number of fused-ring (bicyclic) bond motifs is 1. The Labute approximate surface area is 169 Å². The molecule has 3 aliphatic heterocycles. The second-order valence-electron chi connectivity index (χ2n) is 7.38. The van der Waals surface area contributed by atoms with Crippen molar-refractivity contribution in [2.45, 2.75) is 55.4 Å². The Morgan fingerprint density at radius 3 is 2.72 bits per heavy atom. The Morgan fingerprint density at radius 2 is 2.10 bits per heavy atom. The molecule has 3 rings (SSSR count). The van der Waals surface area contributed by atoms with Gasteiger partial charge in [0.2, 0.25) is 17.7 Å². The number of halogens is 3. The largest absolute Gasteiger partial charge is 0.401 e. The Hall–Kier alpha value is -2.00. The summed E-state index contributed by atoms with van der Waals surface area (Å²) in [5.74, 6) is -1.23. The van der Waals surface area contributed by atoms with Crippen molar-refractivity contribution in [2.75, 3.05) is 18.8 Å². The second-order valence-corrected chi connectivity index (χ2v) is 8.59. The van der Waals surface area contributed by atoms with Crippen LogP contribution in [0.3, 0.4) is 0 Å². The van der Waals surface area contributed by atoms with Gasteiger partial charge in [-0.05, 0) is 25.7 Å². The predicted octanol–water partition coefficient (Wildman–Crippen LogP) is 0.105. The normalized spacial score (nSPS) is 30.5. The van der Waals surface area contributed by atoms with E-state index in [1.165, 1.54) is 16.7 Å². The highest BCUT2D eigenvalue weighted by Gasteiger charge is 2.47. The highest BCUT2D eigenvalue weighted by Crippen LogP contribution is 2.36. The van der Waals surface area contributed by atoms with Gasteiger partial charge in [0, 0.05) is 18.2 Å². The molecule has 0 aromatic carbocycles. The number of hydrogen-bond acceptors (Lipinski definition) is 6. The van der Waals surface area contributed by atoms with Gasteiger partial charge in [-0.25, -0.2) is 0 Å². The van der Waals surface area contributed by atoms with Gasteiger partial charge in [-0.2, -0.15) is 18.4 Å². The molecule has 3 unspecified atom stereocenters. The van der Waals surface area contributed by atoms with Crippen LogP contribution in [-0.2, 0) is 14.4 Å². The first-order valence-corrected chi connectivity index (χ1v) is 10.5. The summed E-state index contributed by atoms with van der Waals surface area (Å²) in [5.41, 5.74) is 0. The average Bonchev–Trinajstić information content (AvgIpc) is 3.26. The summed E-state index contributed by atoms with van der Waals surface area (Å²) < 4.78 is 37.4. The minimum Gasteiger partial charge on any atom is -0.356 e. The molecule has 3 amide bonds. The number of piperidine rings is 1. The summed E-state index contributed by atoms with van der Waals surface area (Å²) in [6, 6.07) is -0.738. The van der Waals surface area contributed by atoms with Gasteiger partial charge in [0.1, 0.15) is 12.1 Å². The molecule has 3 N–H and O–H groups in total. The van der Waals surface area contributed by atoms with Crippen LogP contribution in [0.2, 0.25) is 0 Å². The molecule has 3 aliphatic rings. The van der Waals surface area contributed by atoms with Crippen molar-refractivity contribution in [2.24, 2.45) is 5.92 Å². The van der Waals surface area contributed by atoms with E-state index < -0.39 is 42.7 Å². The van der Waals surface area contributed by atoms with Gasteiger partial charge < -0.3 is 15.5 Å². The highest BCUT2D eigenvalue weighted by atomic mass is 32.2. The summed E-state index contributed by atoms with van der Waals surface area (Å²) in [6.07, 6.45) is -2.90. The molecule has 0 aromatic heterocycles. The Kier molecular flexibility index (Phi) is 6.58. The number of hydrogen-bond donors (Lipinski definition) is 3. The van der Waals surface area contributed by atoms with Gasteiger partial charge >= 0.3 is 6.18 Å². The van der Waals surface area contributed by atoms with E-state index in [9.17, 15) is 32.8 Å². The molecular weight excluding hydrogens is 411 g/mol. The van der Waals surface area contributed by atoms with Crippen molar-refractivity contribution >= 4 is 29.5 Å². The quantitative estimate of drug-likeness (QED) is 0.548. The standard InChI is InChI=1S/C17H22F3N5O3S/c18-17(19,20)8-23-11-1-2-13-25(16(11)28)12(7-29-13)15(27)24-10(6-21)5-9-3-4-22-14(9)26/h9-13,23H,1-5,7-8H2,(H,22,26)(H,24,27)/t9-,10-,11?,12?,13?/m0/s1. The highest BCUT2D eigenvalue weighted by molar-refractivity contribution is 8.00. The molecule has 0 aliphatic carbocycles. The molecular formula is C17H22F3N5O3S. The molecule has 0 bridgehead atoms. The fourth-order valence-electron chi connectivity index (χ4n) is 3.89. The third-order valence-corrected chi connectivity index (χ3v) is 6.71. The molecule has 12 heteroatoms. The van der Waals surface area contributed by atoms with E-state index in [-0.39, 0.29) is 30.0 Å². The van der Waals surface area contributed by atoms with E-state index in [0.717, 1.165) is 0 Å². The molecule has 3 saturated heterocycles. The summed E-state index contributed by atoms with van der Waals surface area (Å²) in [4.78, 5) is 38.5. The first kappa shape index (κ1) is 21.7. The van der Waals surface area contributed by atoms with Crippen molar-refractivity contribution in [1.82, 2.24) is 20.9 Å². The van der Waals surface area contributed by atoms with Crippen LogP contribution in [-0.4, -0.2) is 71.1 Å². The van der Waals surface area contributed by atoms with Crippen LogP contribution in [0.25, 0.3) is 0 Å². The first-order valence-electron chi connectivity index (χ1n) is 9.41. The van der Waals surface area contributed by atoms with Crippen molar-refractivity contribution in [3.05, 3.63) is 0 Å². The number of rotatable bonds is 6. The molecule has 8 nitrogen and oxygen atoms in total. The zero-order chi connectivity index (χ0) is 21.2. The maximum absolute atomic E-state index is 12.7. The van der Waals surface area contributed by atoms with Crippen LogP contribution in [0.1, 0.15) is 25.7 Å². The fourth-order valence-corrected chi connectivity index (χ4v) is 5.32. The van der Waals surface area contributed by atoms with Crippen LogP contribution in [0.15, 0.2) is 0 Å². The van der Waals surface area contributed by atoms with E-state index in [1.54, 1.807) is 0 Å². The molecule has 29 heavy (non-hydrogen) atoms. The Balaban J connectivity index is 1.60. The van der Waals surface area contributed by atoms with Crippen molar-refractivity contribution in [3.63, 3.8) is 0 Å². The molecule has 0 saturated carbocycles. The monoisotopic (exact) mass is 433 g/mol. The maximum Gasteiger partial charge on any atom is 0.401 e. The minimum absolute atomic E-state index is 0.152. The number of amides is 3. The number of thioether (sulfide) groups is 1. The van der Waals surface area contributed by atoms with Gasteiger partial charge in [0.15, 0.2) is 0 Å². The smallest absolute Gasteiger partial charge is 0.356 e. The van der Waals surface area contributed by atoms with E-state index in [0.29, 0.717) is 25.1 Å². The number of carbonyl (C=O) groups is 3. The van der Waals surface area contributed by atoms with Crippen LogP contribution in [0, 0.1) is 17.2 Å². The van der Waals surface area contributed by atoms with Crippen molar-refractivity contribution < 1.29 is 27.6 Å². The van der Waals surface area contributed by atoms with Gasteiger partial charge in [-0.3, -0.25) is 19.7 Å². The Morgan fingerprint density at radius 1 is 1.34 bits per heavy atom. The van der Waals surface area contributed by atoms with E-state index in [2.05, 4.69) is 16.0 Å². The first-order chi connectivity index (χ1) is 13.7. The molecule has 0 spiro atoms. The van der Waals surface area contributed by atoms with Crippen LogP contribution in [0.5, 0.6) is 0 Å². The van der Waals surface area contributed by atoms with Gasteiger partial charge in [-0.15, -0.1) is 11.8 Å². The van der Waals surface area contributed by atoms with Gasteiger partial charge in [0.25, 0.3) is 0 Å². The number of alkyl halides is 3. The number of nitrogens with zero attached hydrogens (tertiary/aromatic N) is 2. The molecule has 0 aromatic rings. The molecule has 5 atom stereocenters. The zero-order valence-corrected chi connectivity index (χ0v) is 16.3. The van der Waals surface area contributed by atoms with E-state index >= 15 is 0 Å². The minimum atomic E-state index is -4.43. The predicted molar refractivity (Wildman–Crippen MR) is 97.2 cm³/mol. The average molecular weight is 433 g/mol. The SMILES string of the molecule is N#C[C@H](C[C@@H]1CCNC1=O)NC(=O)C1CSC2CCC(NCC(F)(F)F)C(=O)N21. The van der Waals surface area contributed by atoms with Gasteiger partial charge in [-0.1, -0.05) is 0 Å². The molecule has 160 valence electrons. The van der Waals surface area contributed by atoms with Crippen LogP contribution in [0.4, 0.5) is 13.2 Å². The lowest BCUT2D eigenvalue weighted by Crippen LogP contribution is -2.59. The van der Waals surface area contributed by atoms with Crippen LogP contribution < -0.4 is 16.0 Å². The zero-order valence-electron chi connectivity index (χ0n) is 15.5. The summed E-state index contributed by atoms with van der Waals surface area (Å²) in [5, 5.41) is 16.6. The fraction of sp³-hybridized carbons (Fsp3) is 0.765. The summed E-state index contributed by atoms with van der Waals surface area (Å²) >= 11 is 1.41. The molecule has 3 heterocycles. The van der Waals surface area contributed by atoms with Crippen molar-refractivity contribution in [1.29, 1.82) is 5.26 Å². The molecule has 0 radical (unpaired) electrons. The molecule has 3 fully saturated rings. The van der Waals surface area contributed by atoms with E-state index in [4.69, 9.17) is 0 Å². The second kappa shape index (κ2) is 8.79. The third-order valence-electron chi connectivity index (χ3n) is 5.35. The Bertz CT molecular complexity index is 713. The lowest BCUT2D eigenvalue weighted by atomic mass is 9.98. The number of carbonyl (C=O) groups excluding carboxylic acids is 3. The topological polar surface area (TPSA) is 114 Å². The summed E-state index contributed by atoms with van der Waals surface area (Å²) in [6.45, 7) is -0.739. The lowest BCUT2D eigenvalue weighted by molar-refractivity contribution is -0.147. The third kappa shape index (κ3) is 5.14. The summed E-state index contributed by atoms with van der Waals surface area (Å²) in [7, 11) is 0. The number of nitrogens with one attached hydrogen (secondary N) is 3. The maximum atomic E-state index is 12.7. The van der Waals surface area contributed by atoms with Gasteiger partial charge in [0.05, 0.1) is 24.0 Å². The van der Waals surface area contributed by atoms with Crippen LogP contribution >= 0.6 is 11.8 Å². The van der Waals surface area contributed by atoms with E-state index in [1.807, 2.05) is 6.07 Å². The number of nitriles is 1.